The molecule has 0 amide bonds. The van der Waals surface area contributed by atoms with Crippen LogP contribution in [0.4, 0.5) is 10.2 Å². The molecule has 0 saturated heterocycles. The van der Waals surface area contributed by atoms with Gasteiger partial charge in [0.2, 0.25) is 0 Å². The molecule has 0 spiro atoms. The summed E-state index contributed by atoms with van der Waals surface area (Å²) >= 11 is 3.19. The number of nitrogens with one attached hydrogen (secondary N) is 2. The largest absolute Gasteiger partial charge is 0.478 e. The van der Waals surface area contributed by atoms with Gasteiger partial charge in [-0.15, -0.1) is 0 Å². The predicted molar refractivity (Wildman–Crippen MR) is 98.7 cm³/mol. The number of rotatable bonds is 6. The molecular formula is C17H15BrFN5O2. The number of pyridine rings is 1. The van der Waals surface area contributed by atoms with E-state index in [1.54, 1.807) is 19.2 Å². The summed E-state index contributed by atoms with van der Waals surface area (Å²) in [5, 5.41) is 15.6. The second-order valence-corrected chi connectivity index (χ2v) is 6.37. The van der Waals surface area contributed by atoms with Gasteiger partial charge >= 0.3 is 5.97 Å². The predicted octanol–water partition coefficient (Wildman–Crippen LogP) is 3.00. The maximum Gasteiger partial charge on any atom is 0.338 e. The Balaban J connectivity index is 2.03. The summed E-state index contributed by atoms with van der Waals surface area (Å²) in [4.78, 5) is 23.9. The van der Waals surface area contributed by atoms with Gasteiger partial charge in [-0.25, -0.2) is 19.2 Å². The van der Waals surface area contributed by atoms with Crippen LogP contribution in [-0.2, 0) is 0 Å². The number of carbonyl (C=O) groups is 1. The zero-order valence-corrected chi connectivity index (χ0v) is 15.3. The molecule has 0 fully saturated rings. The van der Waals surface area contributed by atoms with Crippen LogP contribution in [0.15, 0.2) is 41.3 Å². The third kappa shape index (κ3) is 3.63. The van der Waals surface area contributed by atoms with Gasteiger partial charge in [-0.1, -0.05) is 6.07 Å². The molecule has 3 N–H and O–H groups in total. The number of benzene rings is 1. The van der Waals surface area contributed by atoms with Gasteiger partial charge in [0.05, 0.1) is 16.1 Å². The maximum atomic E-state index is 13.5. The van der Waals surface area contributed by atoms with Crippen molar-refractivity contribution >= 4 is 38.8 Å². The molecule has 2 aromatic heterocycles. The first kappa shape index (κ1) is 18.2. The highest BCUT2D eigenvalue weighted by atomic mass is 79.9. The highest BCUT2D eigenvalue weighted by Gasteiger charge is 2.18. The van der Waals surface area contributed by atoms with Crippen molar-refractivity contribution in [3.05, 3.63) is 58.2 Å². The van der Waals surface area contributed by atoms with Crippen molar-refractivity contribution in [3.8, 4) is 0 Å². The number of hydrogen-bond acceptors (Lipinski definition) is 6. The molecule has 1 aromatic carbocycles. The summed E-state index contributed by atoms with van der Waals surface area (Å²) in [5.74, 6) is -1.03. The minimum Gasteiger partial charge on any atom is -0.478 e. The van der Waals surface area contributed by atoms with Gasteiger partial charge in [-0.05, 0) is 46.7 Å². The summed E-state index contributed by atoms with van der Waals surface area (Å²) in [7, 11) is 1.80. The maximum absolute atomic E-state index is 13.5. The van der Waals surface area contributed by atoms with Crippen LogP contribution < -0.4 is 10.6 Å². The first-order valence-electron chi connectivity index (χ1n) is 7.70. The Bertz CT molecular complexity index is 969. The molecule has 134 valence electrons. The number of anilines is 1. The van der Waals surface area contributed by atoms with Crippen LogP contribution in [0, 0.1) is 5.82 Å². The van der Waals surface area contributed by atoms with E-state index in [4.69, 9.17) is 0 Å². The molecule has 0 aliphatic heterocycles. The van der Waals surface area contributed by atoms with Crippen molar-refractivity contribution in [1.82, 2.24) is 20.3 Å². The van der Waals surface area contributed by atoms with Crippen molar-refractivity contribution in [2.75, 3.05) is 18.9 Å². The van der Waals surface area contributed by atoms with Crippen molar-refractivity contribution in [3.63, 3.8) is 0 Å². The van der Waals surface area contributed by atoms with Gasteiger partial charge in [-0.2, -0.15) is 0 Å². The van der Waals surface area contributed by atoms with E-state index in [9.17, 15) is 14.3 Å². The summed E-state index contributed by atoms with van der Waals surface area (Å²) in [5.41, 5.74) is 1.49. The average molecular weight is 420 g/mol. The monoisotopic (exact) mass is 419 g/mol. The summed E-state index contributed by atoms with van der Waals surface area (Å²) in [6, 6.07) is 5.88. The second-order valence-electron chi connectivity index (χ2n) is 5.51. The number of carboxylic acid groups (broad SMARTS) is 1. The molecule has 0 bridgehead atoms. The van der Waals surface area contributed by atoms with Gasteiger partial charge in [-0.3, -0.25) is 4.98 Å². The fraction of sp³-hybridized carbons (Fsp3) is 0.176. The van der Waals surface area contributed by atoms with Crippen molar-refractivity contribution in [1.29, 1.82) is 0 Å². The fourth-order valence-corrected chi connectivity index (χ4v) is 2.99. The average Bonchev–Trinajstić information content (AvgIpc) is 2.63. The van der Waals surface area contributed by atoms with E-state index in [-0.39, 0.29) is 22.9 Å². The quantitative estimate of drug-likeness (QED) is 0.564. The Kier molecular flexibility index (Phi) is 5.38. The first-order valence-corrected chi connectivity index (χ1v) is 8.49. The molecule has 0 unspecified atom stereocenters. The molecule has 0 saturated carbocycles. The van der Waals surface area contributed by atoms with E-state index in [0.717, 1.165) is 5.56 Å². The van der Waals surface area contributed by atoms with E-state index in [1.807, 2.05) is 0 Å². The Labute approximate surface area is 156 Å². The molecule has 0 aliphatic carbocycles. The highest BCUT2D eigenvalue weighted by Crippen LogP contribution is 2.26. The fourth-order valence-electron chi connectivity index (χ4n) is 2.59. The minimum absolute atomic E-state index is 0.0511. The van der Waals surface area contributed by atoms with Crippen LogP contribution in [0.5, 0.6) is 0 Å². The molecular weight excluding hydrogens is 405 g/mol. The van der Waals surface area contributed by atoms with E-state index in [0.29, 0.717) is 22.4 Å². The molecule has 1 atom stereocenters. The SMILES string of the molecule is CNC[C@@H](Nc1ncnc2c(C(=O)O)ccnc12)c1ccc(F)c(Br)c1. The van der Waals surface area contributed by atoms with Crippen LogP contribution in [0.3, 0.4) is 0 Å². The summed E-state index contributed by atoms with van der Waals surface area (Å²) in [6.45, 7) is 0.530. The third-order valence-corrected chi connectivity index (χ3v) is 4.43. The lowest BCUT2D eigenvalue weighted by atomic mass is 10.1. The molecule has 0 aliphatic rings. The first-order chi connectivity index (χ1) is 12.5. The summed E-state index contributed by atoms with van der Waals surface area (Å²) in [6.07, 6.45) is 2.69. The third-order valence-electron chi connectivity index (χ3n) is 3.82. The minimum atomic E-state index is -1.09. The van der Waals surface area contributed by atoms with Crippen LogP contribution in [-0.4, -0.2) is 39.6 Å². The van der Waals surface area contributed by atoms with Crippen molar-refractivity contribution < 1.29 is 14.3 Å². The van der Waals surface area contributed by atoms with E-state index >= 15 is 0 Å². The lowest BCUT2D eigenvalue weighted by Crippen LogP contribution is -2.24. The van der Waals surface area contributed by atoms with Gasteiger partial charge in [0.25, 0.3) is 0 Å². The standard InChI is InChI=1S/C17H15BrFN5O2/c1-20-7-13(9-2-3-12(19)11(18)6-9)24-16-15-14(22-8-23-16)10(17(25)26)4-5-21-15/h2-6,8,13,20H,7H2,1H3,(H,25,26)(H,22,23,24)/t13-/m1/s1. The van der Waals surface area contributed by atoms with Gasteiger partial charge in [0.15, 0.2) is 5.82 Å². The number of aromatic carboxylic acids is 1. The zero-order valence-electron chi connectivity index (χ0n) is 13.7. The van der Waals surface area contributed by atoms with E-state index in [1.165, 1.54) is 24.7 Å². The zero-order chi connectivity index (χ0) is 18.7. The number of carboxylic acids is 1. The van der Waals surface area contributed by atoms with Crippen molar-refractivity contribution in [2.45, 2.75) is 6.04 Å². The van der Waals surface area contributed by atoms with Crippen LogP contribution >= 0.6 is 15.9 Å². The second kappa shape index (κ2) is 7.71. The molecule has 3 aromatic rings. The van der Waals surface area contributed by atoms with Crippen LogP contribution in [0.25, 0.3) is 11.0 Å². The molecule has 9 heteroatoms. The number of aromatic nitrogens is 3. The number of likely N-dealkylation sites (N-methyl/N-ethyl adjacent to an activating group) is 1. The lowest BCUT2D eigenvalue weighted by molar-refractivity contribution is 0.0698. The summed E-state index contributed by atoms with van der Waals surface area (Å²) < 4.78 is 13.9. The molecule has 7 nitrogen and oxygen atoms in total. The Morgan fingerprint density at radius 1 is 1.27 bits per heavy atom. The lowest BCUT2D eigenvalue weighted by Gasteiger charge is -2.20. The topological polar surface area (TPSA) is 100 Å². The normalized spacial score (nSPS) is 12.1. The van der Waals surface area contributed by atoms with Crippen molar-refractivity contribution in [2.24, 2.45) is 0 Å². The Morgan fingerprint density at radius 3 is 2.77 bits per heavy atom. The van der Waals surface area contributed by atoms with Crippen LogP contribution in [0.2, 0.25) is 0 Å². The smallest absolute Gasteiger partial charge is 0.338 e. The Hall–Kier alpha value is -2.65. The van der Waals surface area contributed by atoms with E-state index in [2.05, 4.69) is 41.5 Å². The number of nitrogens with zero attached hydrogens (tertiary/aromatic N) is 3. The Morgan fingerprint density at radius 2 is 2.08 bits per heavy atom. The number of fused-ring (bicyclic) bond motifs is 1. The molecule has 2 heterocycles. The van der Waals surface area contributed by atoms with Gasteiger partial charge < -0.3 is 15.7 Å². The molecule has 3 rings (SSSR count). The highest BCUT2D eigenvalue weighted by molar-refractivity contribution is 9.10. The number of halogens is 2. The van der Waals surface area contributed by atoms with Gasteiger partial charge in [0.1, 0.15) is 23.2 Å². The van der Waals surface area contributed by atoms with E-state index < -0.39 is 5.97 Å². The van der Waals surface area contributed by atoms with Crippen LogP contribution in [0.1, 0.15) is 22.0 Å². The molecule has 0 radical (unpaired) electrons. The number of hydrogen-bond donors (Lipinski definition) is 3. The van der Waals surface area contributed by atoms with Gasteiger partial charge in [0, 0.05) is 12.7 Å². The molecule has 26 heavy (non-hydrogen) atoms.